The molecule has 0 N–H and O–H groups in total. The Morgan fingerprint density at radius 3 is 1.93 bits per heavy atom. The Bertz CT molecular complexity index is 776. The summed E-state index contributed by atoms with van der Waals surface area (Å²) < 4.78 is 28.7. The van der Waals surface area contributed by atoms with Crippen LogP contribution in [0.1, 0.15) is 62.1 Å². The van der Waals surface area contributed by atoms with Crippen molar-refractivity contribution in [1.82, 2.24) is 0 Å². The van der Waals surface area contributed by atoms with E-state index in [1.165, 1.54) is 56.2 Å². The first-order chi connectivity index (χ1) is 13.6. The molecule has 1 saturated carbocycles. The number of alkyl halides is 2. The molecule has 0 atom stereocenters. The number of rotatable bonds is 6. The number of hydrogen-bond acceptors (Lipinski definition) is 1. The quantitative estimate of drug-likeness (QED) is 0.497. The molecule has 2 aromatic rings. The van der Waals surface area contributed by atoms with Crippen LogP contribution in [0.2, 0.25) is 0 Å². The Morgan fingerprint density at radius 2 is 1.39 bits per heavy atom. The zero-order valence-electron chi connectivity index (χ0n) is 16.5. The lowest BCUT2D eigenvalue weighted by Gasteiger charge is -2.27. The van der Waals surface area contributed by atoms with Crippen LogP contribution in [-0.2, 0) is 6.42 Å². The first-order valence-corrected chi connectivity index (χ1v) is 10.3. The highest BCUT2D eigenvalue weighted by Gasteiger charge is 2.19. The topological polar surface area (TPSA) is 9.23 Å². The molecule has 0 aromatic heterocycles. The number of ether oxygens (including phenoxy) is 1. The van der Waals surface area contributed by atoms with Crippen LogP contribution in [0.3, 0.4) is 0 Å². The molecule has 1 aliphatic rings. The molecule has 0 heterocycles. The second-order valence-electron chi connectivity index (χ2n) is 7.68. The molecular formula is C25H28F2O. The van der Waals surface area contributed by atoms with Gasteiger partial charge in [0.2, 0.25) is 0 Å². The standard InChI is InChI=1S/C25H28F2O/c1-2-19-3-5-20(6-4-19)7-8-21-9-11-22(12-10-21)13-14-23-15-17-24(18-16-23)28-25(26)27/h9-12,15-20,25H,2-8H2,1H3/t19-,20-. The van der Waals surface area contributed by atoms with Crippen LogP contribution < -0.4 is 4.74 Å². The van der Waals surface area contributed by atoms with Crippen LogP contribution in [0.5, 0.6) is 5.75 Å². The van der Waals surface area contributed by atoms with Crippen molar-refractivity contribution in [2.45, 2.75) is 58.5 Å². The Balaban J connectivity index is 1.49. The van der Waals surface area contributed by atoms with Crippen LogP contribution in [0.25, 0.3) is 0 Å². The van der Waals surface area contributed by atoms with Gasteiger partial charge in [0, 0.05) is 11.1 Å². The third-order valence-corrected chi connectivity index (χ3v) is 5.77. The molecule has 3 rings (SSSR count). The molecule has 1 aliphatic carbocycles. The van der Waals surface area contributed by atoms with Crippen molar-refractivity contribution in [2.24, 2.45) is 11.8 Å². The van der Waals surface area contributed by atoms with Gasteiger partial charge in [-0.05, 0) is 66.6 Å². The van der Waals surface area contributed by atoms with Crippen molar-refractivity contribution in [3.8, 4) is 17.6 Å². The van der Waals surface area contributed by atoms with Crippen LogP contribution >= 0.6 is 0 Å². The lowest BCUT2D eigenvalue weighted by atomic mass is 9.78. The summed E-state index contributed by atoms with van der Waals surface area (Å²) in [6.07, 6.45) is 9.36. The third-order valence-electron chi connectivity index (χ3n) is 5.77. The van der Waals surface area contributed by atoms with Crippen molar-refractivity contribution < 1.29 is 13.5 Å². The monoisotopic (exact) mass is 382 g/mol. The summed E-state index contributed by atoms with van der Waals surface area (Å²) in [5.74, 6) is 8.18. The molecular weight excluding hydrogens is 354 g/mol. The van der Waals surface area contributed by atoms with Gasteiger partial charge in [-0.15, -0.1) is 0 Å². The molecule has 0 bridgehead atoms. The SMILES string of the molecule is CC[C@H]1CC[C@H](CCc2ccc(C#Cc3ccc(OC(F)F)cc3)cc2)CC1. The minimum atomic E-state index is -2.80. The Kier molecular flexibility index (Phi) is 7.48. The Morgan fingerprint density at radius 1 is 0.857 bits per heavy atom. The molecule has 3 heteroatoms. The van der Waals surface area contributed by atoms with Gasteiger partial charge in [0.15, 0.2) is 0 Å². The molecule has 28 heavy (non-hydrogen) atoms. The van der Waals surface area contributed by atoms with E-state index in [0.29, 0.717) is 0 Å². The maximum absolute atomic E-state index is 12.2. The molecule has 148 valence electrons. The van der Waals surface area contributed by atoms with Crippen LogP contribution in [0.4, 0.5) is 8.78 Å². The van der Waals surface area contributed by atoms with Gasteiger partial charge in [0.25, 0.3) is 0 Å². The summed E-state index contributed by atoms with van der Waals surface area (Å²) >= 11 is 0. The average Bonchev–Trinajstić information content (AvgIpc) is 2.72. The lowest BCUT2D eigenvalue weighted by Crippen LogP contribution is -2.14. The van der Waals surface area contributed by atoms with Gasteiger partial charge in [-0.2, -0.15) is 8.78 Å². The zero-order chi connectivity index (χ0) is 19.8. The van der Waals surface area contributed by atoms with Crippen molar-refractivity contribution in [1.29, 1.82) is 0 Å². The summed E-state index contributed by atoms with van der Waals surface area (Å²) in [5.41, 5.74) is 3.10. The predicted molar refractivity (Wildman–Crippen MR) is 110 cm³/mol. The molecule has 0 saturated heterocycles. The molecule has 0 aliphatic heterocycles. The van der Waals surface area contributed by atoms with E-state index >= 15 is 0 Å². The summed E-state index contributed by atoms with van der Waals surface area (Å²) in [7, 11) is 0. The van der Waals surface area contributed by atoms with Crippen molar-refractivity contribution in [3.05, 3.63) is 65.2 Å². The zero-order valence-corrected chi connectivity index (χ0v) is 16.5. The van der Waals surface area contributed by atoms with Gasteiger partial charge >= 0.3 is 6.61 Å². The highest BCUT2D eigenvalue weighted by Crippen LogP contribution is 2.33. The number of aryl methyl sites for hydroxylation is 1. The van der Waals surface area contributed by atoms with E-state index in [9.17, 15) is 8.78 Å². The normalized spacial score (nSPS) is 19.1. The molecule has 0 radical (unpaired) electrons. The van der Waals surface area contributed by atoms with E-state index in [1.54, 1.807) is 12.1 Å². The van der Waals surface area contributed by atoms with E-state index in [2.05, 4.69) is 47.8 Å². The summed E-state index contributed by atoms with van der Waals surface area (Å²) in [6.45, 7) is -0.492. The second kappa shape index (κ2) is 10.3. The molecule has 2 aromatic carbocycles. The third kappa shape index (κ3) is 6.37. The highest BCUT2D eigenvalue weighted by molar-refractivity contribution is 5.44. The lowest BCUT2D eigenvalue weighted by molar-refractivity contribution is -0.0498. The molecule has 1 nitrogen and oxygen atoms in total. The fourth-order valence-electron chi connectivity index (χ4n) is 3.92. The summed E-state index contributed by atoms with van der Waals surface area (Å²) in [5, 5.41) is 0. The number of benzene rings is 2. The molecule has 0 amide bonds. The fraction of sp³-hybridized carbons (Fsp3) is 0.440. The fourth-order valence-corrected chi connectivity index (χ4v) is 3.92. The van der Waals surface area contributed by atoms with E-state index in [0.717, 1.165) is 29.4 Å². The van der Waals surface area contributed by atoms with E-state index in [-0.39, 0.29) is 5.75 Å². The second-order valence-corrected chi connectivity index (χ2v) is 7.68. The first kappa shape index (κ1) is 20.4. The molecule has 0 unspecified atom stereocenters. The van der Waals surface area contributed by atoms with Crippen molar-refractivity contribution in [2.75, 3.05) is 0 Å². The minimum absolute atomic E-state index is 0.146. The van der Waals surface area contributed by atoms with Gasteiger partial charge < -0.3 is 4.74 Å². The van der Waals surface area contributed by atoms with Gasteiger partial charge in [-0.1, -0.05) is 63.0 Å². The Hall–Kier alpha value is -2.34. The van der Waals surface area contributed by atoms with Crippen molar-refractivity contribution in [3.63, 3.8) is 0 Å². The van der Waals surface area contributed by atoms with Crippen LogP contribution in [0, 0.1) is 23.7 Å². The maximum atomic E-state index is 12.2. The minimum Gasteiger partial charge on any atom is -0.435 e. The highest BCUT2D eigenvalue weighted by atomic mass is 19.3. The van der Waals surface area contributed by atoms with Crippen molar-refractivity contribution >= 4 is 0 Å². The smallest absolute Gasteiger partial charge is 0.387 e. The number of hydrogen-bond donors (Lipinski definition) is 0. The Labute approximate surface area is 167 Å². The van der Waals surface area contributed by atoms with Crippen LogP contribution in [-0.4, -0.2) is 6.61 Å². The molecule has 1 fully saturated rings. The predicted octanol–water partition coefficient (Wildman–Crippen LogP) is 6.84. The maximum Gasteiger partial charge on any atom is 0.387 e. The summed E-state index contributed by atoms with van der Waals surface area (Å²) in [4.78, 5) is 0. The van der Waals surface area contributed by atoms with E-state index < -0.39 is 6.61 Å². The largest absolute Gasteiger partial charge is 0.435 e. The van der Waals surface area contributed by atoms with Crippen LogP contribution in [0.15, 0.2) is 48.5 Å². The van der Waals surface area contributed by atoms with Gasteiger partial charge in [0.05, 0.1) is 0 Å². The van der Waals surface area contributed by atoms with E-state index in [1.807, 2.05) is 0 Å². The number of halogens is 2. The van der Waals surface area contributed by atoms with Gasteiger partial charge in [-0.25, -0.2) is 0 Å². The van der Waals surface area contributed by atoms with Gasteiger partial charge in [-0.3, -0.25) is 0 Å². The summed E-state index contributed by atoms with van der Waals surface area (Å²) in [6, 6.07) is 14.8. The van der Waals surface area contributed by atoms with E-state index in [4.69, 9.17) is 0 Å². The molecule has 0 spiro atoms. The first-order valence-electron chi connectivity index (χ1n) is 10.3. The van der Waals surface area contributed by atoms with Gasteiger partial charge in [0.1, 0.15) is 5.75 Å². The average molecular weight is 382 g/mol.